The second-order valence-corrected chi connectivity index (χ2v) is 5.31. The van der Waals surface area contributed by atoms with Crippen molar-refractivity contribution in [2.75, 3.05) is 6.54 Å². The van der Waals surface area contributed by atoms with Crippen molar-refractivity contribution >= 4 is 11.7 Å². The summed E-state index contributed by atoms with van der Waals surface area (Å²) in [6.07, 6.45) is 3.31. The summed E-state index contributed by atoms with van der Waals surface area (Å²) in [5.74, 6) is -1.20. The highest BCUT2D eigenvalue weighted by atomic mass is 16.3. The van der Waals surface area contributed by atoms with Gasteiger partial charge < -0.3 is 10.4 Å². The Morgan fingerprint density at radius 1 is 1.21 bits per heavy atom. The number of amides is 1. The summed E-state index contributed by atoms with van der Waals surface area (Å²) in [7, 11) is 0. The average molecular weight is 261 g/mol. The molecule has 102 valence electrons. The minimum atomic E-state index is -0.830. The van der Waals surface area contributed by atoms with Gasteiger partial charge in [0.15, 0.2) is 0 Å². The molecule has 0 radical (unpaired) electrons. The molecule has 1 aromatic rings. The van der Waals surface area contributed by atoms with Crippen LogP contribution in [0.2, 0.25) is 0 Å². The molecule has 1 saturated carbocycles. The van der Waals surface area contributed by atoms with Gasteiger partial charge in [-0.05, 0) is 19.8 Å². The van der Waals surface area contributed by atoms with Gasteiger partial charge in [0.25, 0.3) is 5.91 Å². The lowest BCUT2D eigenvalue weighted by atomic mass is 10.0. The van der Waals surface area contributed by atoms with Gasteiger partial charge in [0.2, 0.25) is 5.78 Å². The second kappa shape index (κ2) is 5.53. The number of carbonyl (C=O) groups is 2. The van der Waals surface area contributed by atoms with Crippen LogP contribution in [0, 0.1) is 6.92 Å². The van der Waals surface area contributed by atoms with Gasteiger partial charge in [-0.1, -0.05) is 42.7 Å². The van der Waals surface area contributed by atoms with E-state index in [0.717, 1.165) is 18.4 Å². The van der Waals surface area contributed by atoms with E-state index in [1.807, 2.05) is 6.92 Å². The number of aliphatic hydroxyl groups is 1. The molecule has 1 aliphatic carbocycles. The van der Waals surface area contributed by atoms with Gasteiger partial charge in [0.1, 0.15) is 0 Å². The number of Topliss-reactive ketones (excluding diaryl/α,β-unsaturated/α-hetero) is 1. The number of rotatable bonds is 4. The predicted octanol–water partition coefficient (Wildman–Crippen LogP) is 1.60. The highest BCUT2D eigenvalue weighted by Crippen LogP contribution is 2.28. The van der Waals surface area contributed by atoms with Crippen molar-refractivity contribution in [3.63, 3.8) is 0 Å². The molecule has 1 aliphatic rings. The zero-order valence-corrected chi connectivity index (χ0v) is 11.1. The molecule has 0 unspecified atom stereocenters. The van der Waals surface area contributed by atoms with Crippen LogP contribution in [0.1, 0.15) is 41.6 Å². The Kier molecular flexibility index (Phi) is 4.00. The van der Waals surface area contributed by atoms with Crippen LogP contribution in [0.15, 0.2) is 24.3 Å². The van der Waals surface area contributed by atoms with E-state index in [0.29, 0.717) is 18.4 Å². The van der Waals surface area contributed by atoms with E-state index in [-0.39, 0.29) is 6.54 Å². The summed E-state index contributed by atoms with van der Waals surface area (Å²) in [6.45, 7) is 2.08. The molecule has 0 aromatic heterocycles. The van der Waals surface area contributed by atoms with Crippen molar-refractivity contribution in [1.82, 2.24) is 5.32 Å². The Morgan fingerprint density at radius 2 is 1.79 bits per heavy atom. The lowest BCUT2D eigenvalue weighted by Crippen LogP contribution is -2.43. The number of ketones is 1. The van der Waals surface area contributed by atoms with Crippen molar-refractivity contribution in [2.24, 2.45) is 0 Å². The average Bonchev–Trinajstić information content (AvgIpc) is 2.83. The fraction of sp³-hybridized carbons (Fsp3) is 0.467. The molecule has 0 atom stereocenters. The Labute approximate surface area is 112 Å². The molecule has 4 heteroatoms. The molecular weight excluding hydrogens is 242 g/mol. The molecule has 0 bridgehead atoms. The van der Waals surface area contributed by atoms with Crippen LogP contribution in [0.25, 0.3) is 0 Å². The first-order valence-electron chi connectivity index (χ1n) is 6.62. The van der Waals surface area contributed by atoms with Gasteiger partial charge >= 0.3 is 0 Å². The molecule has 1 fully saturated rings. The van der Waals surface area contributed by atoms with Crippen molar-refractivity contribution < 1.29 is 14.7 Å². The Hall–Kier alpha value is -1.68. The highest BCUT2D eigenvalue weighted by Gasteiger charge is 2.32. The molecule has 2 rings (SSSR count). The molecular formula is C15H19NO3. The van der Waals surface area contributed by atoms with Crippen LogP contribution in [-0.4, -0.2) is 28.9 Å². The molecule has 0 aliphatic heterocycles. The lowest BCUT2D eigenvalue weighted by molar-refractivity contribution is -0.118. The number of hydrogen-bond donors (Lipinski definition) is 2. The third-order valence-electron chi connectivity index (χ3n) is 3.63. The number of nitrogens with one attached hydrogen (secondary N) is 1. The Bertz CT molecular complexity index is 473. The second-order valence-electron chi connectivity index (χ2n) is 5.31. The maximum atomic E-state index is 11.9. The number of carbonyl (C=O) groups excluding carboxylic acids is 2. The van der Waals surface area contributed by atoms with Gasteiger partial charge in [-0.15, -0.1) is 0 Å². The van der Waals surface area contributed by atoms with Gasteiger partial charge in [-0.3, -0.25) is 9.59 Å². The van der Waals surface area contributed by atoms with Crippen LogP contribution >= 0.6 is 0 Å². The van der Waals surface area contributed by atoms with Gasteiger partial charge in [-0.25, -0.2) is 0 Å². The Balaban J connectivity index is 1.92. The molecule has 2 N–H and O–H groups in total. The van der Waals surface area contributed by atoms with Crippen LogP contribution in [0.4, 0.5) is 0 Å². The predicted molar refractivity (Wildman–Crippen MR) is 71.9 cm³/mol. The van der Waals surface area contributed by atoms with E-state index in [9.17, 15) is 14.7 Å². The van der Waals surface area contributed by atoms with Crippen molar-refractivity contribution in [1.29, 1.82) is 0 Å². The van der Waals surface area contributed by atoms with E-state index >= 15 is 0 Å². The minimum absolute atomic E-state index is 0.156. The summed E-state index contributed by atoms with van der Waals surface area (Å²) in [5, 5.41) is 12.6. The van der Waals surface area contributed by atoms with Crippen LogP contribution in [0.3, 0.4) is 0 Å². The maximum absolute atomic E-state index is 11.9. The molecule has 0 heterocycles. The molecule has 0 saturated heterocycles. The van der Waals surface area contributed by atoms with Crippen LogP contribution in [-0.2, 0) is 4.79 Å². The largest absolute Gasteiger partial charge is 0.388 e. The van der Waals surface area contributed by atoms with Gasteiger partial charge in [0, 0.05) is 12.1 Å². The molecule has 19 heavy (non-hydrogen) atoms. The first-order valence-corrected chi connectivity index (χ1v) is 6.62. The normalized spacial score (nSPS) is 17.2. The van der Waals surface area contributed by atoms with E-state index in [4.69, 9.17) is 0 Å². The van der Waals surface area contributed by atoms with Gasteiger partial charge in [-0.2, -0.15) is 0 Å². The third kappa shape index (κ3) is 3.41. The monoisotopic (exact) mass is 261 g/mol. The fourth-order valence-electron chi connectivity index (χ4n) is 2.37. The first kappa shape index (κ1) is 13.7. The zero-order valence-electron chi connectivity index (χ0n) is 11.1. The summed E-state index contributed by atoms with van der Waals surface area (Å²) < 4.78 is 0. The highest BCUT2D eigenvalue weighted by molar-refractivity contribution is 6.42. The lowest BCUT2D eigenvalue weighted by Gasteiger charge is -2.21. The van der Waals surface area contributed by atoms with E-state index < -0.39 is 17.3 Å². The van der Waals surface area contributed by atoms with Gasteiger partial charge in [0.05, 0.1) is 5.60 Å². The molecule has 1 aromatic carbocycles. The summed E-state index contributed by atoms with van der Waals surface area (Å²) in [4.78, 5) is 23.6. The van der Waals surface area contributed by atoms with E-state index in [1.54, 1.807) is 24.3 Å². The quantitative estimate of drug-likeness (QED) is 0.639. The van der Waals surface area contributed by atoms with Crippen LogP contribution < -0.4 is 5.32 Å². The van der Waals surface area contributed by atoms with Crippen LogP contribution in [0.5, 0.6) is 0 Å². The fourth-order valence-corrected chi connectivity index (χ4v) is 2.37. The molecule has 4 nitrogen and oxygen atoms in total. The smallest absolute Gasteiger partial charge is 0.292 e. The van der Waals surface area contributed by atoms with Crippen molar-refractivity contribution in [2.45, 2.75) is 38.2 Å². The third-order valence-corrected chi connectivity index (χ3v) is 3.63. The number of hydrogen-bond acceptors (Lipinski definition) is 3. The summed E-state index contributed by atoms with van der Waals surface area (Å²) in [6, 6.07) is 6.87. The first-order chi connectivity index (χ1) is 9.00. The maximum Gasteiger partial charge on any atom is 0.292 e. The number of benzene rings is 1. The molecule has 0 spiro atoms. The Morgan fingerprint density at radius 3 is 2.37 bits per heavy atom. The molecule has 1 amide bonds. The summed E-state index contributed by atoms with van der Waals surface area (Å²) in [5.41, 5.74) is 0.585. The van der Waals surface area contributed by atoms with Crippen molar-refractivity contribution in [3.8, 4) is 0 Å². The van der Waals surface area contributed by atoms with E-state index in [2.05, 4.69) is 5.32 Å². The standard InChI is InChI=1S/C15H19NO3/c1-11-4-6-12(7-5-11)13(17)14(18)16-10-15(19)8-2-3-9-15/h4-7,19H,2-3,8-10H2,1H3,(H,16,18). The number of aryl methyl sites for hydroxylation is 1. The van der Waals surface area contributed by atoms with E-state index in [1.165, 1.54) is 0 Å². The van der Waals surface area contributed by atoms with Crippen molar-refractivity contribution in [3.05, 3.63) is 35.4 Å². The summed E-state index contributed by atoms with van der Waals surface area (Å²) >= 11 is 0. The zero-order chi connectivity index (χ0) is 13.9. The topological polar surface area (TPSA) is 66.4 Å². The SMILES string of the molecule is Cc1ccc(C(=O)C(=O)NCC2(O)CCCC2)cc1. The minimum Gasteiger partial charge on any atom is -0.388 e.